The fourth-order valence-electron chi connectivity index (χ4n) is 5.60. The minimum absolute atomic E-state index is 0.0700. The van der Waals surface area contributed by atoms with Crippen LogP contribution in [0, 0.1) is 47.6 Å². The van der Waals surface area contributed by atoms with Crippen molar-refractivity contribution in [3.05, 3.63) is 41.2 Å². The van der Waals surface area contributed by atoms with Crippen molar-refractivity contribution in [2.24, 2.45) is 11.8 Å². The van der Waals surface area contributed by atoms with Gasteiger partial charge in [-0.1, -0.05) is 51.5 Å². The molecule has 0 aromatic heterocycles. The number of hydrogen-bond acceptors (Lipinski definition) is 1. The standard InChI is InChI=1S/C29H40F2O/c1-4-7-8-10-25(6-3)32-27-20-19-26(28(30)29(27)31)24-17-15-23(16-18-24)22-13-11-21(9-5-2)12-14-22/h3,19-21,23,25H,4-5,7-18H2,1-2H3. The molecule has 0 bridgehead atoms. The minimum atomic E-state index is -0.906. The molecule has 2 aliphatic carbocycles. The van der Waals surface area contributed by atoms with E-state index in [2.05, 4.69) is 19.8 Å². The van der Waals surface area contributed by atoms with Crippen LogP contribution in [0.15, 0.2) is 12.1 Å². The van der Waals surface area contributed by atoms with Gasteiger partial charge in [-0.25, -0.2) is 4.39 Å². The average molecular weight is 443 g/mol. The maximum atomic E-state index is 14.9. The van der Waals surface area contributed by atoms with E-state index in [0.717, 1.165) is 56.8 Å². The summed E-state index contributed by atoms with van der Waals surface area (Å²) >= 11 is 0. The molecule has 1 unspecified atom stereocenters. The van der Waals surface area contributed by atoms with E-state index in [-0.39, 0.29) is 5.75 Å². The summed E-state index contributed by atoms with van der Waals surface area (Å²) in [6, 6.07) is 3.24. The first-order valence-corrected chi connectivity index (χ1v) is 12.9. The first-order valence-electron chi connectivity index (χ1n) is 12.9. The molecule has 176 valence electrons. The predicted octanol–water partition coefficient (Wildman–Crippen LogP) is 8.60. The van der Waals surface area contributed by atoms with Crippen molar-refractivity contribution in [1.82, 2.24) is 0 Å². The van der Waals surface area contributed by atoms with Crippen LogP contribution < -0.4 is 4.74 Å². The molecule has 1 aromatic rings. The maximum Gasteiger partial charge on any atom is 0.200 e. The lowest BCUT2D eigenvalue weighted by molar-refractivity contribution is 0.228. The lowest BCUT2D eigenvalue weighted by atomic mass is 9.68. The summed E-state index contributed by atoms with van der Waals surface area (Å²) in [7, 11) is 0. The lowest BCUT2D eigenvalue weighted by Gasteiger charge is -2.37. The second-order valence-corrected chi connectivity index (χ2v) is 9.78. The SMILES string of the molecule is C#CC(CCCCC)Oc1ccc([C]2CCC([C]3CCC(CCC)CC3)CC2)c(F)c1F. The third-order valence-electron chi connectivity index (χ3n) is 7.56. The number of terminal acetylenes is 1. The zero-order valence-corrected chi connectivity index (χ0v) is 20.0. The van der Waals surface area contributed by atoms with Gasteiger partial charge >= 0.3 is 0 Å². The van der Waals surface area contributed by atoms with E-state index in [1.807, 2.05) is 0 Å². The molecule has 3 heteroatoms. The lowest BCUT2D eigenvalue weighted by Crippen LogP contribution is -2.24. The Hall–Kier alpha value is -1.56. The molecule has 0 N–H and O–H groups in total. The van der Waals surface area contributed by atoms with Crippen LogP contribution in [0.4, 0.5) is 8.78 Å². The van der Waals surface area contributed by atoms with Gasteiger partial charge in [0.25, 0.3) is 0 Å². The van der Waals surface area contributed by atoms with Crippen molar-refractivity contribution in [3.63, 3.8) is 0 Å². The zero-order chi connectivity index (χ0) is 22.9. The minimum Gasteiger partial charge on any atom is -0.475 e. The summed E-state index contributed by atoms with van der Waals surface area (Å²) in [6.07, 6.45) is 20.4. The van der Waals surface area contributed by atoms with Gasteiger partial charge in [-0.3, -0.25) is 0 Å². The molecule has 2 radical (unpaired) electrons. The van der Waals surface area contributed by atoms with Crippen molar-refractivity contribution in [2.75, 3.05) is 0 Å². The molecule has 2 saturated carbocycles. The van der Waals surface area contributed by atoms with Crippen LogP contribution in [0.25, 0.3) is 0 Å². The normalized spacial score (nSPS) is 20.2. The molecule has 0 aliphatic heterocycles. The number of halogens is 2. The molecule has 1 nitrogen and oxygen atoms in total. The summed E-state index contributed by atoms with van der Waals surface area (Å²) in [4.78, 5) is 0. The Morgan fingerprint density at radius 1 is 0.969 bits per heavy atom. The molecule has 1 atom stereocenters. The van der Waals surface area contributed by atoms with Gasteiger partial charge in [0.1, 0.15) is 0 Å². The molecule has 0 amide bonds. The first-order chi connectivity index (χ1) is 15.6. The van der Waals surface area contributed by atoms with Crippen LogP contribution in [0.1, 0.15) is 109 Å². The van der Waals surface area contributed by atoms with E-state index in [0.29, 0.717) is 17.9 Å². The Morgan fingerprint density at radius 2 is 1.69 bits per heavy atom. The van der Waals surface area contributed by atoms with E-state index in [1.165, 1.54) is 38.5 Å². The summed E-state index contributed by atoms with van der Waals surface area (Å²) in [5.74, 6) is 5.15. The van der Waals surface area contributed by atoms with E-state index < -0.39 is 17.7 Å². The second kappa shape index (κ2) is 12.6. The summed E-state index contributed by atoms with van der Waals surface area (Å²) in [5.41, 5.74) is 0.424. The molecule has 3 rings (SSSR count). The number of unbranched alkanes of at least 4 members (excludes halogenated alkanes) is 2. The van der Waals surface area contributed by atoms with Gasteiger partial charge in [0.05, 0.1) is 0 Å². The summed E-state index contributed by atoms with van der Waals surface area (Å²) < 4.78 is 35.3. The van der Waals surface area contributed by atoms with Crippen LogP contribution in [-0.4, -0.2) is 6.10 Å². The van der Waals surface area contributed by atoms with Crippen LogP contribution >= 0.6 is 0 Å². The van der Waals surface area contributed by atoms with Gasteiger partial charge in [0.2, 0.25) is 5.82 Å². The van der Waals surface area contributed by atoms with E-state index >= 15 is 0 Å². The van der Waals surface area contributed by atoms with Crippen molar-refractivity contribution in [1.29, 1.82) is 0 Å². The Labute approximate surface area is 194 Å². The smallest absolute Gasteiger partial charge is 0.200 e. The topological polar surface area (TPSA) is 9.23 Å². The molecule has 1 aromatic carbocycles. The predicted molar refractivity (Wildman–Crippen MR) is 128 cm³/mol. The van der Waals surface area contributed by atoms with Crippen LogP contribution in [0.5, 0.6) is 5.75 Å². The Kier molecular flexibility index (Phi) is 9.89. The highest BCUT2D eigenvalue weighted by Gasteiger charge is 2.33. The van der Waals surface area contributed by atoms with Crippen LogP contribution in [0.3, 0.4) is 0 Å². The van der Waals surface area contributed by atoms with Gasteiger partial charge < -0.3 is 4.74 Å². The van der Waals surface area contributed by atoms with Crippen molar-refractivity contribution < 1.29 is 13.5 Å². The average Bonchev–Trinajstić information content (AvgIpc) is 2.82. The molecule has 0 heterocycles. The summed E-state index contributed by atoms with van der Waals surface area (Å²) in [6.45, 7) is 4.39. The summed E-state index contributed by atoms with van der Waals surface area (Å²) in [5, 5.41) is 0. The maximum absolute atomic E-state index is 14.9. The molecule has 0 saturated heterocycles. The van der Waals surface area contributed by atoms with E-state index in [1.54, 1.807) is 18.1 Å². The molecule has 32 heavy (non-hydrogen) atoms. The third-order valence-corrected chi connectivity index (χ3v) is 7.56. The van der Waals surface area contributed by atoms with Crippen LogP contribution in [0.2, 0.25) is 0 Å². The molecule has 2 aliphatic rings. The van der Waals surface area contributed by atoms with Gasteiger partial charge in [-0.05, 0) is 93.6 Å². The number of ether oxygens (including phenoxy) is 1. The number of rotatable bonds is 10. The van der Waals surface area contributed by atoms with Crippen molar-refractivity contribution in [3.8, 4) is 18.1 Å². The van der Waals surface area contributed by atoms with Crippen LogP contribution in [-0.2, 0) is 0 Å². The third kappa shape index (κ3) is 6.49. The first kappa shape index (κ1) is 25.1. The molecule has 0 spiro atoms. The fourth-order valence-corrected chi connectivity index (χ4v) is 5.60. The van der Waals surface area contributed by atoms with E-state index in [9.17, 15) is 8.78 Å². The zero-order valence-electron chi connectivity index (χ0n) is 20.0. The van der Waals surface area contributed by atoms with Crippen molar-refractivity contribution >= 4 is 0 Å². The van der Waals surface area contributed by atoms with Gasteiger partial charge in [0.15, 0.2) is 17.7 Å². The second-order valence-electron chi connectivity index (χ2n) is 9.78. The number of hydrogen-bond donors (Lipinski definition) is 0. The van der Waals surface area contributed by atoms with Gasteiger partial charge in [-0.15, -0.1) is 6.42 Å². The van der Waals surface area contributed by atoms with E-state index in [4.69, 9.17) is 11.2 Å². The largest absolute Gasteiger partial charge is 0.475 e. The number of benzene rings is 1. The highest BCUT2D eigenvalue weighted by Crippen LogP contribution is 2.46. The van der Waals surface area contributed by atoms with Gasteiger partial charge in [-0.2, -0.15) is 4.39 Å². The Bertz CT molecular complexity index is 736. The highest BCUT2D eigenvalue weighted by molar-refractivity contribution is 5.39. The quantitative estimate of drug-likeness (QED) is 0.260. The molecular formula is C29H40F2O. The highest BCUT2D eigenvalue weighted by atomic mass is 19.2. The Morgan fingerprint density at radius 3 is 2.31 bits per heavy atom. The monoisotopic (exact) mass is 442 g/mol. The Balaban J connectivity index is 1.54. The van der Waals surface area contributed by atoms with Crippen molar-refractivity contribution in [2.45, 2.75) is 110 Å². The molecular weight excluding hydrogens is 402 g/mol. The molecule has 2 fully saturated rings. The fraction of sp³-hybridized carbons (Fsp3) is 0.655. The van der Waals surface area contributed by atoms with Gasteiger partial charge in [0, 0.05) is 5.92 Å².